The molecule has 0 atom stereocenters. The van der Waals surface area contributed by atoms with E-state index in [4.69, 9.17) is 11.7 Å². The second kappa shape index (κ2) is 3.60. The normalized spacial score (nSPS) is 9.38. The number of hydrogen-bond acceptors (Lipinski definition) is 8. The van der Waals surface area contributed by atoms with Crippen molar-refractivity contribution in [3.63, 3.8) is 0 Å². The van der Waals surface area contributed by atoms with E-state index in [1.54, 1.807) is 0 Å². The maximum Gasteiger partial charge on any atom is 0.355 e. The number of anilines is 2. The molecule has 0 bridgehead atoms. The minimum absolute atomic E-state index is 0.104. The molecule has 0 spiro atoms. The fraction of sp³-hybridized carbons (Fsp3) is 0. The largest absolute Gasteiger partial charge is 0.355 e. The molecule has 9 nitrogen and oxygen atoms in total. The summed E-state index contributed by atoms with van der Waals surface area (Å²) in [4.78, 5) is 16.9. The fourth-order valence-electron chi connectivity index (χ4n) is 0.763. The van der Waals surface area contributed by atoms with Crippen LogP contribution >= 0.6 is 0 Å². The van der Waals surface area contributed by atoms with E-state index in [9.17, 15) is 10.1 Å². The van der Waals surface area contributed by atoms with Crippen molar-refractivity contribution in [3.05, 3.63) is 16.4 Å². The van der Waals surface area contributed by atoms with Gasteiger partial charge >= 0.3 is 5.69 Å². The van der Waals surface area contributed by atoms with Crippen molar-refractivity contribution in [2.24, 2.45) is 11.7 Å². The van der Waals surface area contributed by atoms with Crippen LogP contribution in [-0.2, 0) is 0 Å². The highest BCUT2D eigenvalue weighted by atomic mass is 16.6. The van der Waals surface area contributed by atoms with E-state index < -0.39 is 10.6 Å². The van der Waals surface area contributed by atoms with E-state index in [0.717, 1.165) is 6.33 Å². The third kappa shape index (κ3) is 1.60. The van der Waals surface area contributed by atoms with Gasteiger partial charge < -0.3 is 10.9 Å². The summed E-state index contributed by atoms with van der Waals surface area (Å²) in [6, 6.07) is 0. The van der Waals surface area contributed by atoms with Crippen LogP contribution in [0.5, 0.6) is 0 Å². The van der Waals surface area contributed by atoms with Crippen LogP contribution in [-0.4, -0.2) is 14.9 Å². The van der Waals surface area contributed by atoms with Crippen LogP contribution in [0, 0.1) is 10.1 Å². The van der Waals surface area contributed by atoms with Crippen molar-refractivity contribution >= 4 is 17.3 Å². The fourth-order valence-corrected chi connectivity index (χ4v) is 0.763. The second-order valence-electron chi connectivity index (χ2n) is 1.97. The van der Waals surface area contributed by atoms with Crippen molar-refractivity contribution in [3.8, 4) is 0 Å². The van der Waals surface area contributed by atoms with E-state index >= 15 is 0 Å². The zero-order valence-electron chi connectivity index (χ0n) is 6.39. The van der Waals surface area contributed by atoms with Gasteiger partial charge in [0.2, 0.25) is 11.6 Å². The molecular weight excluding hydrogens is 178 g/mol. The summed E-state index contributed by atoms with van der Waals surface area (Å²) >= 11 is 0. The van der Waals surface area contributed by atoms with Gasteiger partial charge in [-0.15, -0.1) is 0 Å². The highest BCUT2D eigenvalue weighted by Crippen LogP contribution is 2.26. The lowest BCUT2D eigenvalue weighted by Crippen LogP contribution is -2.16. The Bertz CT molecular complexity index is 304. The zero-order chi connectivity index (χ0) is 9.84. The smallest absolute Gasteiger partial charge is 0.303 e. The van der Waals surface area contributed by atoms with Gasteiger partial charge in [-0.3, -0.25) is 10.1 Å². The first kappa shape index (κ1) is 9.09. The monoisotopic (exact) mass is 185 g/mol. The summed E-state index contributed by atoms with van der Waals surface area (Å²) in [6.45, 7) is 0. The molecule has 0 unspecified atom stereocenters. The first-order chi connectivity index (χ1) is 6.20. The Labute approximate surface area is 72.2 Å². The minimum atomic E-state index is -0.690. The number of hydrazine groups is 2. The highest BCUT2D eigenvalue weighted by molar-refractivity contribution is 5.68. The van der Waals surface area contributed by atoms with Crippen molar-refractivity contribution in [1.29, 1.82) is 0 Å². The zero-order valence-corrected chi connectivity index (χ0v) is 6.39. The topological polar surface area (TPSA) is 145 Å². The molecule has 0 aliphatic rings. The van der Waals surface area contributed by atoms with Crippen molar-refractivity contribution < 1.29 is 4.92 Å². The Kier molecular flexibility index (Phi) is 2.52. The third-order valence-electron chi connectivity index (χ3n) is 1.28. The summed E-state index contributed by atoms with van der Waals surface area (Å²) in [6.07, 6.45) is 1.09. The Morgan fingerprint density at radius 3 is 2.08 bits per heavy atom. The van der Waals surface area contributed by atoms with Crippen LogP contribution in [0.2, 0.25) is 0 Å². The number of nitrogens with zero attached hydrogens (tertiary/aromatic N) is 3. The number of hydrogen-bond donors (Lipinski definition) is 4. The highest BCUT2D eigenvalue weighted by Gasteiger charge is 2.21. The molecule has 70 valence electrons. The van der Waals surface area contributed by atoms with Crippen LogP contribution in [0.4, 0.5) is 17.3 Å². The Hall–Kier alpha value is -2.00. The number of nitrogen functional groups attached to an aromatic ring is 2. The molecule has 0 fully saturated rings. The van der Waals surface area contributed by atoms with Gasteiger partial charge in [0, 0.05) is 0 Å². The van der Waals surface area contributed by atoms with Crippen molar-refractivity contribution in [2.45, 2.75) is 0 Å². The van der Waals surface area contributed by atoms with Gasteiger partial charge in [-0.1, -0.05) is 0 Å². The summed E-state index contributed by atoms with van der Waals surface area (Å²) in [5.74, 6) is 9.79. The molecule has 6 N–H and O–H groups in total. The van der Waals surface area contributed by atoms with E-state index in [2.05, 4.69) is 20.8 Å². The van der Waals surface area contributed by atoms with Gasteiger partial charge in [-0.2, -0.15) is 0 Å². The molecule has 1 rings (SSSR count). The number of nitro groups is 1. The first-order valence-electron chi connectivity index (χ1n) is 3.13. The molecule has 13 heavy (non-hydrogen) atoms. The van der Waals surface area contributed by atoms with Crippen molar-refractivity contribution in [1.82, 2.24) is 9.97 Å². The lowest BCUT2D eigenvalue weighted by molar-refractivity contribution is -0.383. The lowest BCUT2D eigenvalue weighted by atomic mass is 10.4. The quantitative estimate of drug-likeness (QED) is 0.265. The first-order valence-corrected chi connectivity index (χ1v) is 3.13. The van der Waals surface area contributed by atoms with Gasteiger partial charge in [0.15, 0.2) is 0 Å². The molecule has 1 heterocycles. The van der Waals surface area contributed by atoms with Gasteiger partial charge in [-0.25, -0.2) is 21.7 Å². The van der Waals surface area contributed by atoms with Gasteiger partial charge in [0.05, 0.1) is 4.92 Å². The number of aromatic nitrogens is 2. The molecule has 1 aromatic heterocycles. The van der Waals surface area contributed by atoms with E-state index in [0.29, 0.717) is 0 Å². The number of nitrogens with two attached hydrogens (primary N) is 2. The third-order valence-corrected chi connectivity index (χ3v) is 1.28. The predicted octanol–water partition coefficient (Wildman–Crippen LogP) is -1.04. The Balaban J connectivity index is 3.29. The maximum atomic E-state index is 10.5. The predicted molar refractivity (Wildman–Crippen MR) is 44.3 cm³/mol. The molecule has 0 radical (unpaired) electrons. The number of rotatable bonds is 3. The average Bonchev–Trinajstić information content (AvgIpc) is 2.16. The molecule has 0 saturated carbocycles. The van der Waals surface area contributed by atoms with Gasteiger partial charge in [0.1, 0.15) is 6.33 Å². The van der Waals surface area contributed by atoms with Crippen LogP contribution in [0.15, 0.2) is 6.33 Å². The molecule has 1 aromatic rings. The summed E-state index contributed by atoms with van der Waals surface area (Å²) in [7, 11) is 0. The SMILES string of the molecule is NNc1ncnc(NN)c1[N+](=O)[O-]. The molecule has 0 aliphatic heterocycles. The Morgan fingerprint density at radius 2 is 1.77 bits per heavy atom. The second-order valence-corrected chi connectivity index (χ2v) is 1.97. The number of nitrogens with one attached hydrogen (secondary N) is 2. The van der Waals surface area contributed by atoms with E-state index in [-0.39, 0.29) is 11.6 Å². The minimum Gasteiger partial charge on any atom is -0.303 e. The average molecular weight is 185 g/mol. The van der Waals surface area contributed by atoms with Crippen LogP contribution in [0.1, 0.15) is 0 Å². The van der Waals surface area contributed by atoms with Crippen LogP contribution in [0.3, 0.4) is 0 Å². The molecular formula is C4H7N7O2. The molecule has 0 aromatic carbocycles. The van der Waals surface area contributed by atoms with Gasteiger partial charge in [0.25, 0.3) is 0 Å². The standard InChI is InChI=1S/C4H7N7O2/c5-9-3-2(11(12)13)4(10-6)8-1-7-3/h1H,5-6H2,(H2,7,8,9,10). The lowest BCUT2D eigenvalue weighted by Gasteiger charge is -2.03. The molecule has 0 saturated heterocycles. The Morgan fingerprint density at radius 1 is 1.31 bits per heavy atom. The van der Waals surface area contributed by atoms with Gasteiger partial charge in [-0.05, 0) is 0 Å². The van der Waals surface area contributed by atoms with Crippen LogP contribution < -0.4 is 22.5 Å². The van der Waals surface area contributed by atoms with Crippen molar-refractivity contribution in [2.75, 3.05) is 10.9 Å². The van der Waals surface area contributed by atoms with Crippen LogP contribution in [0.25, 0.3) is 0 Å². The summed E-state index contributed by atoms with van der Waals surface area (Å²) in [5.41, 5.74) is 3.73. The summed E-state index contributed by atoms with van der Waals surface area (Å²) < 4.78 is 0. The molecule has 0 amide bonds. The van der Waals surface area contributed by atoms with E-state index in [1.807, 2.05) is 0 Å². The maximum absolute atomic E-state index is 10.5. The summed E-state index contributed by atoms with van der Waals surface area (Å²) in [5, 5.41) is 10.5. The molecule has 9 heteroatoms. The molecule has 0 aliphatic carbocycles. The van der Waals surface area contributed by atoms with E-state index in [1.165, 1.54) is 0 Å².